The standard InChI is InChI=1S/C14H24N2O3S/c1-4-20(17,18)9-5-6-13(16-15)12-8-7-11(2)14(10-12)19-3/h7-8,10,13,16H,4-6,9,15H2,1-3H3. The summed E-state index contributed by atoms with van der Waals surface area (Å²) < 4.78 is 28.3. The highest BCUT2D eigenvalue weighted by molar-refractivity contribution is 7.91. The van der Waals surface area contributed by atoms with Crippen LogP contribution in [-0.2, 0) is 9.84 Å². The van der Waals surface area contributed by atoms with Crippen LogP contribution in [0.2, 0.25) is 0 Å². The van der Waals surface area contributed by atoms with Crippen molar-refractivity contribution < 1.29 is 13.2 Å². The second kappa shape index (κ2) is 7.61. The summed E-state index contributed by atoms with van der Waals surface area (Å²) in [5, 5.41) is 0. The van der Waals surface area contributed by atoms with Crippen molar-refractivity contribution in [3.8, 4) is 5.75 Å². The van der Waals surface area contributed by atoms with Crippen molar-refractivity contribution in [2.24, 2.45) is 5.84 Å². The van der Waals surface area contributed by atoms with E-state index in [1.54, 1.807) is 14.0 Å². The predicted octanol–water partition coefficient (Wildman–Crippen LogP) is 1.72. The van der Waals surface area contributed by atoms with Crippen LogP contribution in [0.5, 0.6) is 5.75 Å². The van der Waals surface area contributed by atoms with E-state index in [9.17, 15) is 8.42 Å². The highest BCUT2D eigenvalue weighted by Crippen LogP contribution is 2.25. The fourth-order valence-corrected chi connectivity index (χ4v) is 2.95. The third-order valence-electron chi connectivity index (χ3n) is 3.42. The molecule has 1 rings (SSSR count). The van der Waals surface area contributed by atoms with Gasteiger partial charge in [0.1, 0.15) is 15.6 Å². The summed E-state index contributed by atoms with van der Waals surface area (Å²) in [6.45, 7) is 3.64. The number of hydrogen-bond donors (Lipinski definition) is 2. The lowest BCUT2D eigenvalue weighted by atomic mass is 10.0. The maximum absolute atomic E-state index is 11.5. The molecule has 0 aromatic heterocycles. The number of ether oxygens (including phenoxy) is 1. The van der Waals surface area contributed by atoms with Crippen LogP contribution in [0.3, 0.4) is 0 Å². The van der Waals surface area contributed by atoms with Crippen LogP contribution in [0.4, 0.5) is 0 Å². The molecule has 114 valence electrons. The van der Waals surface area contributed by atoms with Gasteiger partial charge in [-0.1, -0.05) is 19.1 Å². The van der Waals surface area contributed by atoms with Gasteiger partial charge < -0.3 is 4.74 Å². The Balaban J connectivity index is 2.71. The van der Waals surface area contributed by atoms with Crippen molar-refractivity contribution >= 4 is 9.84 Å². The van der Waals surface area contributed by atoms with E-state index in [0.717, 1.165) is 16.9 Å². The van der Waals surface area contributed by atoms with E-state index in [2.05, 4.69) is 5.43 Å². The molecule has 0 fully saturated rings. The Morgan fingerprint density at radius 2 is 2.10 bits per heavy atom. The van der Waals surface area contributed by atoms with Crippen LogP contribution in [-0.4, -0.2) is 27.0 Å². The molecule has 0 spiro atoms. The smallest absolute Gasteiger partial charge is 0.150 e. The molecule has 20 heavy (non-hydrogen) atoms. The molecule has 1 unspecified atom stereocenters. The average molecular weight is 300 g/mol. The molecule has 5 nitrogen and oxygen atoms in total. The van der Waals surface area contributed by atoms with E-state index in [-0.39, 0.29) is 17.5 Å². The van der Waals surface area contributed by atoms with Gasteiger partial charge in [0, 0.05) is 11.8 Å². The van der Waals surface area contributed by atoms with Gasteiger partial charge in [0.05, 0.1) is 12.9 Å². The Labute approximate surface area is 121 Å². The second-order valence-corrected chi connectivity index (χ2v) is 7.30. The van der Waals surface area contributed by atoms with Gasteiger partial charge in [0.15, 0.2) is 0 Å². The van der Waals surface area contributed by atoms with Crippen LogP contribution in [0.15, 0.2) is 18.2 Å². The van der Waals surface area contributed by atoms with E-state index in [4.69, 9.17) is 10.6 Å². The van der Waals surface area contributed by atoms with Gasteiger partial charge in [0.25, 0.3) is 0 Å². The molecule has 6 heteroatoms. The predicted molar refractivity (Wildman–Crippen MR) is 81.4 cm³/mol. The van der Waals surface area contributed by atoms with Crippen molar-refractivity contribution in [3.05, 3.63) is 29.3 Å². The van der Waals surface area contributed by atoms with E-state index in [1.807, 2.05) is 25.1 Å². The number of sulfone groups is 1. The minimum Gasteiger partial charge on any atom is -0.496 e. The maximum Gasteiger partial charge on any atom is 0.150 e. The summed E-state index contributed by atoms with van der Waals surface area (Å²) in [5.41, 5.74) is 4.80. The second-order valence-electron chi connectivity index (χ2n) is 4.83. The molecule has 1 aromatic carbocycles. The molecule has 0 saturated heterocycles. The quantitative estimate of drug-likeness (QED) is 0.564. The Morgan fingerprint density at radius 3 is 2.65 bits per heavy atom. The summed E-state index contributed by atoms with van der Waals surface area (Å²) in [6.07, 6.45) is 1.25. The van der Waals surface area contributed by atoms with E-state index in [1.165, 1.54) is 0 Å². The molecular weight excluding hydrogens is 276 g/mol. The number of nitrogens with one attached hydrogen (secondary N) is 1. The number of hydrazine groups is 1. The van der Waals surface area contributed by atoms with Crippen molar-refractivity contribution in [2.75, 3.05) is 18.6 Å². The number of nitrogens with two attached hydrogens (primary N) is 1. The Hall–Kier alpha value is -1.11. The minimum absolute atomic E-state index is 0.0726. The molecule has 0 saturated carbocycles. The Bertz CT molecular complexity index is 529. The molecule has 1 aromatic rings. The minimum atomic E-state index is -2.92. The summed E-state index contributed by atoms with van der Waals surface area (Å²) in [6, 6.07) is 5.82. The van der Waals surface area contributed by atoms with Crippen molar-refractivity contribution in [2.45, 2.75) is 32.7 Å². The van der Waals surface area contributed by atoms with Gasteiger partial charge in [-0.3, -0.25) is 11.3 Å². The zero-order valence-corrected chi connectivity index (χ0v) is 13.2. The molecule has 0 bridgehead atoms. The molecule has 0 amide bonds. The first-order valence-corrected chi connectivity index (χ1v) is 8.56. The van der Waals surface area contributed by atoms with Gasteiger partial charge in [-0.15, -0.1) is 0 Å². The van der Waals surface area contributed by atoms with Crippen LogP contribution in [0.25, 0.3) is 0 Å². The van der Waals surface area contributed by atoms with Crippen LogP contribution in [0.1, 0.15) is 36.9 Å². The van der Waals surface area contributed by atoms with Crippen molar-refractivity contribution in [3.63, 3.8) is 0 Å². The Kier molecular flexibility index (Phi) is 6.45. The van der Waals surface area contributed by atoms with Crippen LogP contribution >= 0.6 is 0 Å². The monoisotopic (exact) mass is 300 g/mol. The van der Waals surface area contributed by atoms with Gasteiger partial charge in [-0.05, 0) is 37.0 Å². The molecule has 0 radical (unpaired) electrons. The normalized spacial score (nSPS) is 13.2. The fraction of sp³-hybridized carbons (Fsp3) is 0.571. The topological polar surface area (TPSA) is 81.4 Å². The molecular formula is C14H24N2O3S. The van der Waals surface area contributed by atoms with Gasteiger partial charge >= 0.3 is 0 Å². The molecule has 0 aliphatic carbocycles. The van der Waals surface area contributed by atoms with E-state index >= 15 is 0 Å². The van der Waals surface area contributed by atoms with E-state index in [0.29, 0.717) is 12.8 Å². The van der Waals surface area contributed by atoms with Gasteiger partial charge in [-0.2, -0.15) is 0 Å². The molecule has 1 atom stereocenters. The van der Waals surface area contributed by atoms with Gasteiger partial charge in [-0.25, -0.2) is 8.42 Å². The van der Waals surface area contributed by atoms with Crippen molar-refractivity contribution in [1.29, 1.82) is 0 Å². The zero-order chi connectivity index (χ0) is 15.2. The first-order valence-electron chi connectivity index (χ1n) is 6.74. The largest absolute Gasteiger partial charge is 0.496 e. The van der Waals surface area contributed by atoms with Crippen LogP contribution in [0, 0.1) is 6.92 Å². The SMILES string of the molecule is CCS(=O)(=O)CCCC(NN)c1ccc(C)c(OC)c1. The first-order chi connectivity index (χ1) is 9.43. The number of methoxy groups -OCH3 is 1. The molecule has 0 heterocycles. The summed E-state index contributed by atoms with van der Waals surface area (Å²) >= 11 is 0. The number of benzene rings is 1. The Morgan fingerprint density at radius 1 is 1.40 bits per heavy atom. The maximum atomic E-state index is 11.5. The van der Waals surface area contributed by atoms with Crippen LogP contribution < -0.4 is 16.0 Å². The summed E-state index contributed by atoms with van der Waals surface area (Å²) in [5.74, 6) is 6.77. The number of rotatable bonds is 8. The summed E-state index contributed by atoms with van der Waals surface area (Å²) in [7, 11) is -1.29. The molecule has 0 aliphatic rings. The average Bonchev–Trinajstić information content (AvgIpc) is 2.44. The van der Waals surface area contributed by atoms with E-state index < -0.39 is 9.84 Å². The molecule has 3 N–H and O–H groups in total. The third kappa shape index (κ3) is 4.77. The highest BCUT2D eigenvalue weighted by atomic mass is 32.2. The van der Waals surface area contributed by atoms with Crippen molar-refractivity contribution in [1.82, 2.24) is 5.43 Å². The zero-order valence-electron chi connectivity index (χ0n) is 12.3. The first kappa shape index (κ1) is 16.9. The summed E-state index contributed by atoms with van der Waals surface area (Å²) in [4.78, 5) is 0. The molecule has 0 aliphatic heterocycles. The lowest BCUT2D eigenvalue weighted by molar-refractivity contribution is 0.409. The fourth-order valence-electron chi connectivity index (χ4n) is 2.05. The lowest BCUT2D eigenvalue weighted by Gasteiger charge is -2.17. The third-order valence-corrected chi connectivity index (χ3v) is 5.21. The number of hydrogen-bond acceptors (Lipinski definition) is 5. The number of aryl methyl sites for hydroxylation is 1. The lowest BCUT2D eigenvalue weighted by Crippen LogP contribution is -2.28. The highest BCUT2D eigenvalue weighted by Gasteiger charge is 2.14. The van der Waals surface area contributed by atoms with Gasteiger partial charge in [0.2, 0.25) is 0 Å².